The number of carbonyl (C=O) groups is 2. The molecule has 0 radical (unpaired) electrons. The quantitative estimate of drug-likeness (QED) is 0.789. The van der Waals surface area contributed by atoms with Gasteiger partial charge in [-0.1, -0.05) is 0 Å². The highest BCUT2D eigenvalue weighted by atomic mass is 16.7. The molecule has 0 saturated carbocycles. The Hall–Kier alpha value is -3.02. The van der Waals surface area contributed by atoms with Crippen molar-refractivity contribution in [3.8, 4) is 17.2 Å². The molecule has 1 heterocycles. The smallest absolute Gasteiger partial charge is 0.254 e. The van der Waals surface area contributed by atoms with Gasteiger partial charge in [-0.2, -0.15) is 0 Å². The van der Waals surface area contributed by atoms with E-state index in [0.717, 1.165) is 0 Å². The van der Waals surface area contributed by atoms with Gasteiger partial charge in [-0.25, -0.2) is 0 Å². The third kappa shape index (κ3) is 3.17. The van der Waals surface area contributed by atoms with Crippen molar-refractivity contribution in [2.45, 2.75) is 0 Å². The Kier molecular flexibility index (Phi) is 4.37. The first-order chi connectivity index (χ1) is 11.6. The fraction of sp³-hybridized carbons (Fsp3) is 0.222. The van der Waals surface area contributed by atoms with Gasteiger partial charge in [0.15, 0.2) is 17.3 Å². The average molecular weight is 327 g/mol. The van der Waals surface area contributed by atoms with Crippen molar-refractivity contribution < 1.29 is 23.8 Å². The van der Waals surface area contributed by atoms with Crippen LogP contribution in [-0.4, -0.2) is 44.1 Å². The van der Waals surface area contributed by atoms with Crippen molar-refractivity contribution in [3.63, 3.8) is 0 Å². The molecule has 2 aromatic carbocycles. The summed E-state index contributed by atoms with van der Waals surface area (Å²) in [5, 5.41) is 0. The highest BCUT2D eigenvalue weighted by Crippen LogP contribution is 2.32. The molecule has 0 unspecified atom stereocenters. The van der Waals surface area contributed by atoms with E-state index in [1.54, 1.807) is 56.6 Å². The van der Waals surface area contributed by atoms with Crippen LogP contribution < -0.4 is 14.2 Å². The van der Waals surface area contributed by atoms with Gasteiger partial charge >= 0.3 is 0 Å². The van der Waals surface area contributed by atoms with Crippen LogP contribution in [0.5, 0.6) is 17.2 Å². The number of ether oxygens (including phenoxy) is 3. The van der Waals surface area contributed by atoms with E-state index in [0.29, 0.717) is 28.4 Å². The van der Waals surface area contributed by atoms with Gasteiger partial charge in [-0.15, -0.1) is 0 Å². The Morgan fingerprint density at radius 3 is 2.42 bits per heavy atom. The summed E-state index contributed by atoms with van der Waals surface area (Å²) < 4.78 is 15.6. The number of ketones is 1. The third-order valence-electron chi connectivity index (χ3n) is 3.76. The highest BCUT2D eigenvalue weighted by Gasteiger charge is 2.19. The standard InChI is InChI=1S/C18H17NO5/c1-19(18(21)12-3-6-14(22-2)7-4-12)10-15(20)13-5-8-16-17(9-13)24-11-23-16/h3-9H,10-11H2,1-2H3. The Labute approximate surface area is 139 Å². The Morgan fingerprint density at radius 2 is 1.71 bits per heavy atom. The molecule has 1 aliphatic heterocycles. The van der Waals surface area contributed by atoms with Crippen molar-refractivity contribution in [2.24, 2.45) is 0 Å². The summed E-state index contributed by atoms with van der Waals surface area (Å²) in [4.78, 5) is 26.2. The van der Waals surface area contributed by atoms with E-state index in [9.17, 15) is 9.59 Å². The number of nitrogens with zero attached hydrogens (tertiary/aromatic N) is 1. The molecular formula is C18H17NO5. The predicted octanol–water partition coefficient (Wildman–Crippen LogP) is 2.38. The number of Topliss-reactive ketones (excluding diaryl/α,β-unsaturated/α-hetero) is 1. The number of benzene rings is 2. The molecular weight excluding hydrogens is 310 g/mol. The van der Waals surface area contributed by atoms with Gasteiger partial charge in [-0.05, 0) is 42.5 Å². The molecule has 3 rings (SSSR count). The predicted molar refractivity (Wildman–Crippen MR) is 86.9 cm³/mol. The number of fused-ring (bicyclic) bond motifs is 1. The minimum Gasteiger partial charge on any atom is -0.497 e. The van der Waals surface area contributed by atoms with Crippen molar-refractivity contribution in [2.75, 3.05) is 27.5 Å². The normalized spacial score (nSPS) is 11.9. The van der Waals surface area contributed by atoms with Crippen molar-refractivity contribution >= 4 is 11.7 Å². The second-order valence-electron chi connectivity index (χ2n) is 5.38. The highest BCUT2D eigenvalue weighted by molar-refractivity contribution is 6.02. The number of amides is 1. The van der Waals surface area contributed by atoms with Crippen LogP contribution in [0, 0.1) is 0 Å². The lowest BCUT2D eigenvalue weighted by Gasteiger charge is -2.16. The molecule has 0 aromatic heterocycles. The largest absolute Gasteiger partial charge is 0.497 e. The molecule has 0 N–H and O–H groups in total. The van der Waals surface area contributed by atoms with Gasteiger partial charge < -0.3 is 19.1 Å². The molecule has 2 aromatic rings. The number of hydrogen-bond acceptors (Lipinski definition) is 5. The van der Waals surface area contributed by atoms with Crippen LogP contribution in [0.15, 0.2) is 42.5 Å². The van der Waals surface area contributed by atoms with Crippen molar-refractivity contribution in [3.05, 3.63) is 53.6 Å². The van der Waals surface area contributed by atoms with Crippen molar-refractivity contribution in [1.82, 2.24) is 4.90 Å². The van der Waals surface area contributed by atoms with Crippen LogP contribution in [0.25, 0.3) is 0 Å². The molecule has 0 atom stereocenters. The molecule has 6 heteroatoms. The Bertz CT molecular complexity index is 769. The third-order valence-corrected chi connectivity index (χ3v) is 3.76. The zero-order valence-electron chi connectivity index (χ0n) is 13.4. The number of likely N-dealkylation sites (N-methyl/N-ethyl adjacent to an activating group) is 1. The summed E-state index contributed by atoms with van der Waals surface area (Å²) in [5.41, 5.74) is 0.977. The summed E-state index contributed by atoms with van der Waals surface area (Å²) in [5.74, 6) is 1.44. The molecule has 0 spiro atoms. The maximum Gasteiger partial charge on any atom is 0.254 e. The Morgan fingerprint density at radius 1 is 1.04 bits per heavy atom. The molecule has 0 fully saturated rings. The van der Waals surface area contributed by atoms with Crippen LogP contribution in [0.3, 0.4) is 0 Å². The van der Waals surface area contributed by atoms with E-state index in [1.165, 1.54) is 4.90 Å². The monoisotopic (exact) mass is 327 g/mol. The Balaban J connectivity index is 1.67. The molecule has 0 bridgehead atoms. The minimum absolute atomic E-state index is 0.0233. The zero-order valence-corrected chi connectivity index (χ0v) is 13.4. The second kappa shape index (κ2) is 6.62. The van der Waals surface area contributed by atoms with E-state index >= 15 is 0 Å². The van der Waals surface area contributed by atoms with E-state index in [2.05, 4.69) is 0 Å². The lowest BCUT2D eigenvalue weighted by atomic mass is 10.1. The van der Waals surface area contributed by atoms with E-state index in [1.807, 2.05) is 0 Å². The minimum atomic E-state index is -0.230. The van der Waals surface area contributed by atoms with E-state index in [4.69, 9.17) is 14.2 Å². The lowest BCUT2D eigenvalue weighted by molar-refractivity contribution is 0.0747. The van der Waals surface area contributed by atoms with Crippen LogP contribution in [-0.2, 0) is 0 Å². The summed E-state index contributed by atoms with van der Waals surface area (Å²) in [7, 11) is 3.16. The van der Waals surface area contributed by atoms with Gasteiger partial charge in [0.1, 0.15) is 5.75 Å². The molecule has 1 aliphatic rings. The maximum absolute atomic E-state index is 12.4. The lowest BCUT2D eigenvalue weighted by Crippen LogP contribution is -2.32. The fourth-order valence-electron chi connectivity index (χ4n) is 2.40. The van der Waals surface area contributed by atoms with Crippen LogP contribution >= 0.6 is 0 Å². The topological polar surface area (TPSA) is 65.1 Å². The first-order valence-corrected chi connectivity index (χ1v) is 7.41. The average Bonchev–Trinajstić information content (AvgIpc) is 3.08. The van der Waals surface area contributed by atoms with Gasteiger partial charge in [0, 0.05) is 18.2 Å². The summed E-state index contributed by atoms with van der Waals surface area (Å²) in [6.07, 6.45) is 0. The molecule has 124 valence electrons. The fourth-order valence-corrected chi connectivity index (χ4v) is 2.40. The van der Waals surface area contributed by atoms with Gasteiger partial charge in [0.25, 0.3) is 5.91 Å². The van der Waals surface area contributed by atoms with Crippen LogP contribution in [0.4, 0.5) is 0 Å². The zero-order chi connectivity index (χ0) is 17.1. The SMILES string of the molecule is COc1ccc(C(=O)N(C)CC(=O)c2ccc3c(c2)OCO3)cc1. The van der Waals surface area contributed by atoms with E-state index in [-0.39, 0.29) is 25.0 Å². The summed E-state index contributed by atoms with van der Waals surface area (Å²) in [6.45, 7) is 0.132. The molecule has 1 amide bonds. The van der Waals surface area contributed by atoms with Gasteiger partial charge in [0.05, 0.1) is 13.7 Å². The molecule has 24 heavy (non-hydrogen) atoms. The molecule has 0 saturated heterocycles. The first kappa shape index (κ1) is 15.9. The number of methoxy groups -OCH3 is 1. The van der Waals surface area contributed by atoms with Crippen LogP contribution in [0.2, 0.25) is 0 Å². The maximum atomic E-state index is 12.4. The van der Waals surface area contributed by atoms with Gasteiger partial charge in [-0.3, -0.25) is 9.59 Å². The summed E-state index contributed by atoms with van der Waals surface area (Å²) in [6, 6.07) is 11.8. The number of rotatable bonds is 5. The number of carbonyl (C=O) groups excluding carboxylic acids is 2. The van der Waals surface area contributed by atoms with E-state index < -0.39 is 0 Å². The molecule has 6 nitrogen and oxygen atoms in total. The van der Waals surface area contributed by atoms with Crippen molar-refractivity contribution in [1.29, 1.82) is 0 Å². The first-order valence-electron chi connectivity index (χ1n) is 7.41. The van der Waals surface area contributed by atoms with Crippen LogP contribution in [0.1, 0.15) is 20.7 Å². The molecule has 0 aliphatic carbocycles. The summed E-state index contributed by atoms with van der Waals surface area (Å²) >= 11 is 0. The number of hydrogen-bond donors (Lipinski definition) is 0. The van der Waals surface area contributed by atoms with Gasteiger partial charge in [0.2, 0.25) is 6.79 Å². The second-order valence-corrected chi connectivity index (χ2v) is 5.38.